The molecule has 1 unspecified atom stereocenters. The van der Waals surface area contributed by atoms with E-state index in [0.29, 0.717) is 24.3 Å². The fourth-order valence-electron chi connectivity index (χ4n) is 5.06. The number of hydrogen-bond acceptors (Lipinski definition) is 5. The smallest absolute Gasteiger partial charge is 0.416 e. The molecule has 34 heavy (non-hydrogen) atoms. The molecule has 5 rings (SSSR count). The Labute approximate surface area is 196 Å². The zero-order valence-electron chi connectivity index (χ0n) is 19.3. The van der Waals surface area contributed by atoms with E-state index in [1.165, 1.54) is 12.1 Å². The number of benzene rings is 1. The largest absolute Gasteiger partial charge is 0.474 e. The molecule has 1 aliphatic carbocycles. The predicted molar refractivity (Wildman–Crippen MR) is 121 cm³/mol. The summed E-state index contributed by atoms with van der Waals surface area (Å²) in [6.07, 6.45) is 2.08. The molecule has 9 heteroatoms. The molecule has 0 N–H and O–H groups in total. The number of nitrogens with zero attached hydrogens (tertiary/aromatic N) is 5. The summed E-state index contributed by atoms with van der Waals surface area (Å²) in [5, 5.41) is 9.06. The fraction of sp³-hybridized carbons (Fsp3) is 0.480. The Morgan fingerprint density at radius 1 is 1.00 bits per heavy atom. The molecular weight excluding hydrogens is 443 g/mol. The van der Waals surface area contributed by atoms with Crippen LogP contribution in [-0.4, -0.2) is 50.9 Å². The monoisotopic (exact) mass is 471 g/mol. The number of halogens is 3. The van der Waals surface area contributed by atoms with Gasteiger partial charge in [-0.25, -0.2) is 4.98 Å². The van der Waals surface area contributed by atoms with E-state index in [-0.39, 0.29) is 18.1 Å². The fourth-order valence-corrected chi connectivity index (χ4v) is 5.06. The number of rotatable bonds is 4. The van der Waals surface area contributed by atoms with E-state index in [1.807, 2.05) is 41.8 Å². The first-order valence-electron chi connectivity index (χ1n) is 11.7. The zero-order chi connectivity index (χ0) is 23.9. The van der Waals surface area contributed by atoms with Gasteiger partial charge in [-0.15, -0.1) is 10.2 Å². The van der Waals surface area contributed by atoms with Crippen molar-refractivity contribution in [1.82, 2.24) is 24.6 Å². The van der Waals surface area contributed by atoms with Crippen molar-refractivity contribution in [2.45, 2.75) is 62.8 Å². The van der Waals surface area contributed by atoms with Crippen molar-refractivity contribution in [2.75, 3.05) is 14.1 Å². The average Bonchev–Trinajstić information content (AvgIpc) is 3.14. The molecule has 1 aliphatic heterocycles. The van der Waals surface area contributed by atoms with E-state index >= 15 is 0 Å². The molecule has 3 aromatic rings. The highest BCUT2D eigenvalue weighted by Gasteiger charge is 2.35. The second kappa shape index (κ2) is 9.02. The number of alkyl halides is 3. The van der Waals surface area contributed by atoms with E-state index in [4.69, 9.17) is 4.74 Å². The van der Waals surface area contributed by atoms with Crippen molar-refractivity contribution < 1.29 is 17.9 Å². The van der Waals surface area contributed by atoms with E-state index in [0.717, 1.165) is 43.0 Å². The van der Waals surface area contributed by atoms with Gasteiger partial charge in [-0.2, -0.15) is 13.2 Å². The van der Waals surface area contributed by atoms with Gasteiger partial charge in [0.25, 0.3) is 0 Å². The maximum Gasteiger partial charge on any atom is 0.416 e. The Kier molecular flexibility index (Phi) is 6.06. The minimum absolute atomic E-state index is 0.0445. The molecule has 1 fully saturated rings. The van der Waals surface area contributed by atoms with Gasteiger partial charge in [-0.1, -0.05) is 6.07 Å². The first-order valence-corrected chi connectivity index (χ1v) is 11.7. The predicted octanol–water partition coefficient (Wildman–Crippen LogP) is 4.82. The molecule has 1 saturated carbocycles. The van der Waals surface area contributed by atoms with Crippen LogP contribution in [0, 0.1) is 0 Å². The minimum atomic E-state index is -4.38. The van der Waals surface area contributed by atoms with Crippen LogP contribution >= 0.6 is 0 Å². The third-order valence-corrected chi connectivity index (χ3v) is 6.97. The second-order valence-electron chi connectivity index (χ2n) is 9.44. The summed E-state index contributed by atoms with van der Waals surface area (Å²) < 4.78 is 48.4. The summed E-state index contributed by atoms with van der Waals surface area (Å²) in [4.78, 5) is 6.30. The number of fused-ring (bicyclic) bond motifs is 3. The Balaban J connectivity index is 1.43. The highest BCUT2D eigenvalue weighted by molar-refractivity contribution is 5.48. The summed E-state index contributed by atoms with van der Waals surface area (Å²) in [6, 6.07) is 9.71. The maximum atomic E-state index is 13.5. The first-order chi connectivity index (χ1) is 16.3. The van der Waals surface area contributed by atoms with Crippen molar-refractivity contribution >= 4 is 0 Å². The van der Waals surface area contributed by atoms with Gasteiger partial charge in [0.2, 0.25) is 5.88 Å². The molecule has 180 valence electrons. The van der Waals surface area contributed by atoms with Crippen LogP contribution in [0.3, 0.4) is 0 Å². The van der Waals surface area contributed by atoms with Crippen LogP contribution in [0.1, 0.15) is 54.4 Å². The number of hydrogen-bond donors (Lipinski definition) is 0. The molecule has 2 aromatic heterocycles. The molecule has 0 saturated heterocycles. The molecule has 0 spiro atoms. The number of pyridine rings is 1. The summed E-state index contributed by atoms with van der Waals surface area (Å²) in [5.41, 5.74) is 0.828. The Morgan fingerprint density at radius 3 is 2.47 bits per heavy atom. The van der Waals surface area contributed by atoms with Gasteiger partial charge in [-0.05, 0) is 76.0 Å². The van der Waals surface area contributed by atoms with E-state index in [2.05, 4.69) is 15.2 Å². The standard InChI is InChI=1S/C25H28F3N5O/c1-32(2)19-14-17-13-18(25(26,27)28)8-11-21(17)33-22(15-19)30-31-24(33)16-6-9-20(10-7-16)34-23-5-3-4-12-29-23/h3-5,8,11-13,16,19-20H,6-7,9-10,14-15H2,1-2H3. The third kappa shape index (κ3) is 4.53. The highest BCUT2D eigenvalue weighted by atomic mass is 19.4. The van der Waals surface area contributed by atoms with Gasteiger partial charge in [0.1, 0.15) is 17.8 Å². The Morgan fingerprint density at radius 2 is 1.79 bits per heavy atom. The molecule has 6 nitrogen and oxygen atoms in total. The number of aromatic nitrogens is 4. The van der Waals surface area contributed by atoms with Gasteiger partial charge in [-0.3, -0.25) is 4.57 Å². The molecule has 0 amide bonds. The van der Waals surface area contributed by atoms with Crippen LogP contribution in [0.15, 0.2) is 42.6 Å². The minimum Gasteiger partial charge on any atom is -0.474 e. The SMILES string of the molecule is CN(C)C1Cc2cc(C(F)(F)F)ccc2-n2c(nnc2C2CCC(Oc3ccccn3)CC2)C1. The van der Waals surface area contributed by atoms with Crippen molar-refractivity contribution in [2.24, 2.45) is 0 Å². The third-order valence-electron chi connectivity index (χ3n) is 6.97. The second-order valence-corrected chi connectivity index (χ2v) is 9.44. The lowest BCUT2D eigenvalue weighted by Gasteiger charge is -2.28. The number of likely N-dealkylation sites (N-methyl/N-ethyl adjacent to an activating group) is 1. The first kappa shape index (κ1) is 22.8. The van der Waals surface area contributed by atoms with Crippen LogP contribution in [0.4, 0.5) is 13.2 Å². The highest BCUT2D eigenvalue weighted by Crippen LogP contribution is 2.38. The lowest BCUT2D eigenvalue weighted by Crippen LogP contribution is -2.32. The lowest BCUT2D eigenvalue weighted by atomic mass is 9.86. The van der Waals surface area contributed by atoms with Crippen LogP contribution < -0.4 is 4.74 Å². The van der Waals surface area contributed by atoms with Gasteiger partial charge in [0.15, 0.2) is 0 Å². The normalized spacial score (nSPS) is 22.7. The van der Waals surface area contributed by atoms with Crippen LogP contribution in [0.25, 0.3) is 5.69 Å². The van der Waals surface area contributed by atoms with Gasteiger partial charge >= 0.3 is 6.18 Å². The van der Waals surface area contributed by atoms with Gasteiger partial charge < -0.3 is 9.64 Å². The van der Waals surface area contributed by atoms with Crippen molar-refractivity contribution in [3.63, 3.8) is 0 Å². The van der Waals surface area contributed by atoms with Gasteiger partial charge in [0, 0.05) is 30.6 Å². The Hall–Kier alpha value is -2.94. The maximum absolute atomic E-state index is 13.5. The van der Waals surface area contributed by atoms with Crippen molar-refractivity contribution in [1.29, 1.82) is 0 Å². The molecule has 0 radical (unpaired) electrons. The van der Waals surface area contributed by atoms with Crippen molar-refractivity contribution in [3.8, 4) is 11.6 Å². The Bertz CT molecular complexity index is 1140. The summed E-state index contributed by atoms with van der Waals surface area (Å²) in [6.45, 7) is 0. The molecule has 1 atom stereocenters. The molecule has 3 heterocycles. The molecular formula is C25H28F3N5O. The van der Waals surface area contributed by atoms with Crippen LogP contribution in [-0.2, 0) is 19.0 Å². The van der Waals surface area contributed by atoms with Crippen LogP contribution in [0.5, 0.6) is 5.88 Å². The van der Waals surface area contributed by atoms with Crippen molar-refractivity contribution in [3.05, 3.63) is 65.4 Å². The van der Waals surface area contributed by atoms with Crippen LogP contribution in [0.2, 0.25) is 0 Å². The van der Waals surface area contributed by atoms with E-state index in [1.54, 1.807) is 12.3 Å². The average molecular weight is 472 g/mol. The number of ether oxygens (including phenoxy) is 1. The summed E-state index contributed by atoms with van der Waals surface area (Å²) in [5.74, 6) is 2.45. The summed E-state index contributed by atoms with van der Waals surface area (Å²) in [7, 11) is 3.90. The summed E-state index contributed by atoms with van der Waals surface area (Å²) >= 11 is 0. The van der Waals surface area contributed by atoms with E-state index in [9.17, 15) is 13.2 Å². The zero-order valence-corrected chi connectivity index (χ0v) is 19.3. The molecule has 0 bridgehead atoms. The molecule has 1 aromatic carbocycles. The topological polar surface area (TPSA) is 56.1 Å². The molecule has 2 aliphatic rings. The lowest BCUT2D eigenvalue weighted by molar-refractivity contribution is -0.137. The quantitative estimate of drug-likeness (QED) is 0.546. The van der Waals surface area contributed by atoms with Gasteiger partial charge in [0.05, 0.1) is 11.3 Å². The van der Waals surface area contributed by atoms with E-state index < -0.39 is 11.7 Å².